The highest BCUT2D eigenvalue weighted by Gasteiger charge is 2.57. The fourth-order valence-electron chi connectivity index (χ4n) is 4.12. The molecule has 0 bridgehead atoms. The van der Waals surface area contributed by atoms with Crippen LogP contribution >= 0.6 is 15.9 Å². The van der Waals surface area contributed by atoms with Gasteiger partial charge in [0.25, 0.3) is 0 Å². The summed E-state index contributed by atoms with van der Waals surface area (Å²) in [6.07, 6.45) is 10.6. The molecule has 0 aromatic carbocycles. The lowest BCUT2D eigenvalue weighted by atomic mass is 9.53. The average molecular weight is 383 g/mol. The van der Waals surface area contributed by atoms with Crippen molar-refractivity contribution < 1.29 is 10.2 Å². The van der Waals surface area contributed by atoms with Gasteiger partial charge in [-0.2, -0.15) is 0 Å². The fourth-order valence-corrected chi connectivity index (χ4v) is 4.96. The summed E-state index contributed by atoms with van der Waals surface area (Å²) in [7, 11) is 0. The molecule has 2 nitrogen and oxygen atoms in total. The maximum atomic E-state index is 11.4. The van der Waals surface area contributed by atoms with E-state index >= 15 is 0 Å². The zero-order valence-corrected chi connectivity index (χ0v) is 16.5. The van der Waals surface area contributed by atoms with Crippen LogP contribution in [0.15, 0.2) is 36.0 Å². The van der Waals surface area contributed by atoms with Crippen molar-refractivity contribution in [1.29, 1.82) is 0 Å². The lowest BCUT2D eigenvalue weighted by molar-refractivity contribution is -0.101. The molecule has 0 amide bonds. The van der Waals surface area contributed by atoms with Gasteiger partial charge in [0, 0.05) is 10.2 Å². The van der Waals surface area contributed by atoms with Gasteiger partial charge in [0.15, 0.2) is 0 Å². The molecule has 23 heavy (non-hydrogen) atoms. The molecule has 130 valence electrons. The largest absolute Gasteiger partial charge is 0.386 e. The van der Waals surface area contributed by atoms with Gasteiger partial charge in [-0.1, -0.05) is 53.2 Å². The minimum absolute atomic E-state index is 0.123. The molecule has 0 unspecified atom stereocenters. The van der Waals surface area contributed by atoms with Gasteiger partial charge in [0.1, 0.15) is 0 Å². The van der Waals surface area contributed by atoms with Gasteiger partial charge in [-0.15, -0.1) is 0 Å². The molecule has 3 heteroatoms. The summed E-state index contributed by atoms with van der Waals surface area (Å²) in [4.78, 5) is 0.353. The predicted molar refractivity (Wildman–Crippen MR) is 101 cm³/mol. The highest BCUT2D eigenvalue weighted by Crippen LogP contribution is 2.58. The molecule has 2 aliphatic carbocycles. The Morgan fingerprint density at radius 1 is 1.39 bits per heavy atom. The van der Waals surface area contributed by atoms with Crippen LogP contribution in [0.1, 0.15) is 59.8 Å². The van der Waals surface area contributed by atoms with Gasteiger partial charge in [-0.25, -0.2) is 0 Å². The van der Waals surface area contributed by atoms with Gasteiger partial charge in [-0.3, -0.25) is 0 Å². The maximum Gasteiger partial charge on any atom is 0.0923 e. The zero-order valence-electron chi connectivity index (χ0n) is 14.9. The van der Waals surface area contributed by atoms with Crippen molar-refractivity contribution >= 4 is 15.9 Å². The first kappa shape index (κ1) is 19.0. The Bertz CT molecular complexity index is 528. The van der Waals surface area contributed by atoms with Gasteiger partial charge < -0.3 is 10.2 Å². The van der Waals surface area contributed by atoms with E-state index in [1.165, 1.54) is 5.57 Å². The SMILES string of the molecule is C=C1CC[C@H](Br)[C@@]2(C)CC[C@H](/C(C)=C/C=C/C(C)(C)O)C[C@]12O. The van der Waals surface area contributed by atoms with Crippen LogP contribution in [0.25, 0.3) is 0 Å². The first-order chi connectivity index (χ1) is 10.5. The normalized spacial score (nSPS) is 39.6. The van der Waals surface area contributed by atoms with E-state index in [2.05, 4.69) is 42.4 Å². The van der Waals surface area contributed by atoms with Crippen LogP contribution in [0.4, 0.5) is 0 Å². The number of rotatable bonds is 3. The first-order valence-electron chi connectivity index (χ1n) is 8.63. The fraction of sp³-hybridized carbons (Fsp3) is 0.700. The number of aliphatic hydroxyl groups is 2. The third-order valence-electron chi connectivity index (χ3n) is 5.98. The smallest absolute Gasteiger partial charge is 0.0923 e. The molecule has 2 fully saturated rings. The lowest BCUT2D eigenvalue weighted by Gasteiger charge is -2.57. The van der Waals surface area contributed by atoms with E-state index in [4.69, 9.17) is 0 Å². The summed E-state index contributed by atoms with van der Waals surface area (Å²) in [5.74, 6) is 0.370. The van der Waals surface area contributed by atoms with Crippen LogP contribution in [-0.4, -0.2) is 26.2 Å². The second-order valence-electron chi connectivity index (χ2n) is 8.25. The van der Waals surface area contributed by atoms with Crippen molar-refractivity contribution in [2.45, 2.75) is 75.8 Å². The first-order valence-corrected chi connectivity index (χ1v) is 9.54. The Morgan fingerprint density at radius 3 is 2.65 bits per heavy atom. The van der Waals surface area contributed by atoms with Crippen molar-refractivity contribution in [2.75, 3.05) is 0 Å². The number of allylic oxidation sites excluding steroid dienone is 3. The third kappa shape index (κ3) is 3.67. The van der Waals surface area contributed by atoms with Crippen molar-refractivity contribution in [3.8, 4) is 0 Å². The van der Waals surface area contributed by atoms with Crippen molar-refractivity contribution in [2.24, 2.45) is 11.3 Å². The summed E-state index contributed by atoms with van der Waals surface area (Å²) in [5, 5.41) is 21.2. The minimum Gasteiger partial charge on any atom is -0.386 e. The van der Waals surface area contributed by atoms with E-state index in [-0.39, 0.29) is 5.41 Å². The zero-order chi connectivity index (χ0) is 17.5. The number of fused-ring (bicyclic) bond motifs is 1. The molecule has 2 rings (SSSR count). The summed E-state index contributed by atoms with van der Waals surface area (Å²) >= 11 is 3.81. The summed E-state index contributed by atoms with van der Waals surface area (Å²) in [6, 6.07) is 0. The molecule has 0 heterocycles. The highest BCUT2D eigenvalue weighted by atomic mass is 79.9. The molecule has 0 saturated heterocycles. The van der Waals surface area contributed by atoms with E-state index in [0.29, 0.717) is 10.7 Å². The second kappa shape index (κ2) is 6.50. The topological polar surface area (TPSA) is 40.5 Å². The highest BCUT2D eigenvalue weighted by molar-refractivity contribution is 9.09. The van der Waals surface area contributed by atoms with E-state index in [1.807, 2.05) is 6.08 Å². The van der Waals surface area contributed by atoms with Crippen LogP contribution in [-0.2, 0) is 0 Å². The van der Waals surface area contributed by atoms with Gasteiger partial charge >= 0.3 is 0 Å². The molecule has 0 aromatic rings. The number of hydrogen-bond donors (Lipinski definition) is 2. The van der Waals surface area contributed by atoms with Crippen molar-refractivity contribution in [3.05, 3.63) is 36.0 Å². The van der Waals surface area contributed by atoms with Crippen molar-refractivity contribution in [3.63, 3.8) is 0 Å². The Hall–Kier alpha value is -0.380. The minimum atomic E-state index is -0.791. The molecular weight excluding hydrogens is 352 g/mol. The second-order valence-corrected chi connectivity index (χ2v) is 9.36. The van der Waals surface area contributed by atoms with Crippen LogP contribution in [0.2, 0.25) is 0 Å². The van der Waals surface area contributed by atoms with Crippen LogP contribution < -0.4 is 0 Å². The third-order valence-corrected chi connectivity index (χ3v) is 7.45. The molecule has 0 aliphatic heterocycles. The monoisotopic (exact) mass is 382 g/mol. The molecule has 0 aromatic heterocycles. The van der Waals surface area contributed by atoms with Crippen LogP contribution in [0, 0.1) is 11.3 Å². The molecule has 4 atom stereocenters. The Morgan fingerprint density at radius 2 is 2.04 bits per heavy atom. The average Bonchev–Trinajstić information content (AvgIpc) is 2.44. The molecule has 2 aliphatic rings. The van der Waals surface area contributed by atoms with E-state index in [9.17, 15) is 10.2 Å². The molecule has 2 saturated carbocycles. The summed E-state index contributed by atoms with van der Waals surface area (Å²) in [6.45, 7) is 12.1. The summed E-state index contributed by atoms with van der Waals surface area (Å²) < 4.78 is 0. The quantitative estimate of drug-likeness (QED) is 0.413. The van der Waals surface area contributed by atoms with Crippen molar-refractivity contribution in [1.82, 2.24) is 0 Å². The lowest BCUT2D eigenvalue weighted by Crippen LogP contribution is -2.58. The van der Waals surface area contributed by atoms with Crippen LogP contribution in [0.5, 0.6) is 0 Å². The molecular formula is C20H31BrO2. The molecule has 2 N–H and O–H groups in total. The number of hydrogen-bond acceptors (Lipinski definition) is 2. The van der Waals surface area contributed by atoms with Gasteiger partial charge in [0.2, 0.25) is 0 Å². The molecule has 0 radical (unpaired) electrons. The van der Waals surface area contributed by atoms with Gasteiger partial charge in [0.05, 0.1) is 11.2 Å². The van der Waals surface area contributed by atoms with Crippen LogP contribution in [0.3, 0.4) is 0 Å². The molecule has 0 spiro atoms. The predicted octanol–water partition coefficient (Wildman–Crippen LogP) is 4.91. The number of halogens is 1. The Kier molecular flexibility index (Phi) is 5.35. The standard InChI is InChI=1S/C20H31BrO2/c1-14(7-6-11-18(3,4)22)16-10-12-19(5)17(21)9-8-15(2)20(19,23)13-16/h6-7,11,16-17,22-23H,2,8-10,12-13H2,1,3-5H3/b11-6+,14-7+/t16-,17-,19+,20-/m0/s1. The van der Waals surface area contributed by atoms with E-state index in [1.54, 1.807) is 19.9 Å². The van der Waals surface area contributed by atoms with E-state index < -0.39 is 11.2 Å². The Balaban J connectivity index is 2.19. The van der Waals surface area contributed by atoms with E-state index in [0.717, 1.165) is 37.7 Å². The van der Waals surface area contributed by atoms with Gasteiger partial charge in [-0.05, 0) is 64.4 Å². The Labute approximate surface area is 149 Å². The number of alkyl halides is 1. The maximum absolute atomic E-state index is 11.4. The summed E-state index contributed by atoms with van der Waals surface area (Å²) in [5.41, 5.74) is 0.575.